The van der Waals surface area contributed by atoms with Crippen LogP contribution in [-0.4, -0.2) is 22.5 Å². The van der Waals surface area contributed by atoms with Gasteiger partial charge in [0, 0.05) is 16.9 Å². The molecule has 0 spiro atoms. The van der Waals surface area contributed by atoms with Crippen molar-refractivity contribution in [1.29, 1.82) is 0 Å². The number of rotatable bonds is 5. The Hall–Kier alpha value is -0.880. The zero-order valence-corrected chi connectivity index (χ0v) is 13.0. The SMILES string of the molecule is CSC1(CNc2ccc(C(N)=S)c(F)c2F)CCCC1. The first-order chi connectivity index (χ1) is 9.49. The van der Waals surface area contributed by atoms with E-state index >= 15 is 0 Å². The largest absolute Gasteiger partial charge is 0.389 e. The van der Waals surface area contributed by atoms with Gasteiger partial charge in [0.2, 0.25) is 0 Å². The van der Waals surface area contributed by atoms with Crippen molar-refractivity contribution in [2.45, 2.75) is 30.4 Å². The van der Waals surface area contributed by atoms with Crippen LogP contribution in [0, 0.1) is 11.6 Å². The van der Waals surface area contributed by atoms with E-state index in [1.165, 1.54) is 25.0 Å². The average Bonchev–Trinajstić information content (AvgIpc) is 2.89. The van der Waals surface area contributed by atoms with Crippen molar-refractivity contribution in [2.24, 2.45) is 5.73 Å². The number of anilines is 1. The number of hydrogen-bond acceptors (Lipinski definition) is 3. The van der Waals surface area contributed by atoms with Gasteiger partial charge in [-0.1, -0.05) is 25.1 Å². The molecule has 0 heterocycles. The highest BCUT2D eigenvalue weighted by Crippen LogP contribution is 2.40. The molecule has 0 bridgehead atoms. The Kier molecular flexibility index (Phi) is 4.86. The predicted molar refractivity (Wildman–Crippen MR) is 85.4 cm³/mol. The highest BCUT2D eigenvalue weighted by Gasteiger charge is 2.33. The quantitative estimate of drug-likeness (QED) is 0.813. The summed E-state index contributed by atoms with van der Waals surface area (Å²) in [6.07, 6.45) is 6.67. The molecular formula is C14H18F2N2S2. The van der Waals surface area contributed by atoms with E-state index in [0.717, 1.165) is 12.8 Å². The molecule has 1 aliphatic carbocycles. The second kappa shape index (κ2) is 6.26. The third-order valence-corrected chi connectivity index (χ3v) is 5.54. The zero-order valence-electron chi connectivity index (χ0n) is 11.3. The van der Waals surface area contributed by atoms with Crippen LogP contribution in [0.25, 0.3) is 0 Å². The molecule has 1 aromatic carbocycles. The van der Waals surface area contributed by atoms with Crippen molar-refractivity contribution in [3.8, 4) is 0 Å². The van der Waals surface area contributed by atoms with Crippen molar-refractivity contribution in [2.75, 3.05) is 18.1 Å². The Morgan fingerprint density at radius 2 is 2.00 bits per heavy atom. The lowest BCUT2D eigenvalue weighted by molar-refractivity contribution is 0.508. The fourth-order valence-corrected chi connectivity index (χ4v) is 3.68. The van der Waals surface area contributed by atoms with Gasteiger partial charge in [-0.2, -0.15) is 11.8 Å². The van der Waals surface area contributed by atoms with Gasteiger partial charge in [0.1, 0.15) is 4.99 Å². The first-order valence-corrected chi connectivity index (χ1v) is 8.19. The molecule has 0 aliphatic heterocycles. The van der Waals surface area contributed by atoms with Crippen LogP contribution in [0.5, 0.6) is 0 Å². The molecule has 110 valence electrons. The van der Waals surface area contributed by atoms with E-state index < -0.39 is 11.6 Å². The average molecular weight is 316 g/mol. The maximum atomic E-state index is 14.0. The number of thioether (sulfide) groups is 1. The molecule has 20 heavy (non-hydrogen) atoms. The third kappa shape index (κ3) is 3.06. The van der Waals surface area contributed by atoms with Gasteiger partial charge in [0.15, 0.2) is 11.6 Å². The standard InChI is InChI=1S/C14H18F2N2S2/c1-20-14(6-2-3-7-14)8-18-10-5-4-9(13(17)19)11(15)12(10)16/h4-5,18H,2-3,6-8H2,1H3,(H2,17,19). The molecule has 3 N–H and O–H groups in total. The first kappa shape index (κ1) is 15.5. The van der Waals surface area contributed by atoms with Gasteiger partial charge in [-0.05, 0) is 31.2 Å². The predicted octanol–water partition coefficient (Wildman–Crippen LogP) is 3.69. The summed E-state index contributed by atoms with van der Waals surface area (Å²) in [5, 5.41) is 3.03. The topological polar surface area (TPSA) is 38.0 Å². The number of hydrogen-bond donors (Lipinski definition) is 2. The van der Waals surface area contributed by atoms with Gasteiger partial charge < -0.3 is 11.1 Å². The normalized spacial score (nSPS) is 17.1. The number of nitrogens with one attached hydrogen (secondary N) is 1. The smallest absolute Gasteiger partial charge is 0.182 e. The van der Waals surface area contributed by atoms with Crippen LogP contribution >= 0.6 is 24.0 Å². The monoisotopic (exact) mass is 316 g/mol. The third-order valence-electron chi connectivity index (χ3n) is 3.90. The molecular weight excluding hydrogens is 298 g/mol. The maximum absolute atomic E-state index is 14.0. The Morgan fingerprint density at radius 1 is 1.35 bits per heavy atom. The van der Waals surface area contributed by atoms with Crippen LogP contribution in [0.1, 0.15) is 31.2 Å². The summed E-state index contributed by atoms with van der Waals surface area (Å²) in [6, 6.07) is 2.92. The molecule has 1 fully saturated rings. The van der Waals surface area contributed by atoms with Crippen molar-refractivity contribution in [1.82, 2.24) is 0 Å². The Labute approximate surface area is 127 Å². The van der Waals surface area contributed by atoms with Crippen molar-refractivity contribution >= 4 is 34.7 Å². The molecule has 0 radical (unpaired) electrons. The summed E-state index contributed by atoms with van der Waals surface area (Å²) in [7, 11) is 0. The highest BCUT2D eigenvalue weighted by molar-refractivity contribution is 8.00. The molecule has 0 unspecified atom stereocenters. The minimum atomic E-state index is -0.980. The second-order valence-corrected chi connectivity index (χ2v) is 6.81. The summed E-state index contributed by atoms with van der Waals surface area (Å²) < 4.78 is 27.9. The lowest BCUT2D eigenvalue weighted by atomic mass is 10.1. The number of halogens is 2. The summed E-state index contributed by atoms with van der Waals surface area (Å²) in [6.45, 7) is 0.636. The van der Waals surface area contributed by atoms with Crippen LogP contribution in [0.15, 0.2) is 12.1 Å². The van der Waals surface area contributed by atoms with Gasteiger partial charge in [-0.25, -0.2) is 8.78 Å². The lowest BCUT2D eigenvalue weighted by Gasteiger charge is -2.27. The fourth-order valence-electron chi connectivity index (χ4n) is 2.61. The molecule has 2 nitrogen and oxygen atoms in total. The summed E-state index contributed by atoms with van der Waals surface area (Å²) in [4.78, 5) is -0.135. The number of nitrogens with two attached hydrogens (primary N) is 1. The first-order valence-electron chi connectivity index (χ1n) is 6.56. The summed E-state index contributed by atoms with van der Waals surface area (Å²) in [5.41, 5.74) is 5.47. The summed E-state index contributed by atoms with van der Waals surface area (Å²) >= 11 is 6.49. The Morgan fingerprint density at radius 3 is 2.55 bits per heavy atom. The second-order valence-electron chi connectivity index (χ2n) is 5.10. The molecule has 1 aliphatic rings. The van der Waals surface area contributed by atoms with Gasteiger partial charge in [0.05, 0.1) is 5.69 Å². The number of benzene rings is 1. The molecule has 0 saturated heterocycles. The Balaban J connectivity index is 2.14. The number of thiocarbonyl (C=S) groups is 1. The van der Waals surface area contributed by atoms with E-state index in [2.05, 4.69) is 23.8 Å². The molecule has 0 aromatic heterocycles. The molecule has 0 atom stereocenters. The minimum absolute atomic E-state index is 0.0523. The molecule has 6 heteroatoms. The minimum Gasteiger partial charge on any atom is -0.389 e. The van der Waals surface area contributed by atoms with E-state index in [0.29, 0.717) is 6.54 Å². The van der Waals surface area contributed by atoms with Crippen molar-refractivity contribution in [3.05, 3.63) is 29.3 Å². The van der Waals surface area contributed by atoms with Crippen LogP contribution in [0.4, 0.5) is 14.5 Å². The van der Waals surface area contributed by atoms with Crippen LogP contribution in [0.3, 0.4) is 0 Å². The van der Waals surface area contributed by atoms with Crippen LogP contribution < -0.4 is 11.1 Å². The molecule has 1 aromatic rings. The van der Waals surface area contributed by atoms with E-state index in [9.17, 15) is 8.78 Å². The van der Waals surface area contributed by atoms with Crippen molar-refractivity contribution < 1.29 is 8.78 Å². The van der Waals surface area contributed by atoms with Gasteiger partial charge in [-0.15, -0.1) is 0 Å². The van der Waals surface area contributed by atoms with Gasteiger partial charge in [-0.3, -0.25) is 0 Å². The molecule has 1 saturated carbocycles. The van der Waals surface area contributed by atoms with Gasteiger partial charge in [0.25, 0.3) is 0 Å². The van der Waals surface area contributed by atoms with E-state index in [1.807, 2.05) is 0 Å². The highest BCUT2D eigenvalue weighted by atomic mass is 32.2. The lowest BCUT2D eigenvalue weighted by Crippen LogP contribution is -2.30. The van der Waals surface area contributed by atoms with Gasteiger partial charge >= 0.3 is 0 Å². The van der Waals surface area contributed by atoms with Crippen molar-refractivity contribution in [3.63, 3.8) is 0 Å². The van der Waals surface area contributed by atoms with E-state index in [1.54, 1.807) is 11.8 Å². The van der Waals surface area contributed by atoms with Crippen LogP contribution in [0.2, 0.25) is 0 Å². The summed E-state index contributed by atoms with van der Waals surface area (Å²) in [5.74, 6) is -1.89. The maximum Gasteiger partial charge on any atom is 0.182 e. The molecule has 0 amide bonds. The molecule has 2 rings (SSSR count). The van der Waals surface area contributed by atoms with E-state index in [4.69, 9.17) is 5.73 Å². The van der Waals surface area contributed by atoms with E-state index in [-0.39, 0.29) is 21.0 Å². The Bertz CT molecular complexity index is 514. The fraction of sp³-hybridized carbons (Fsp3) is 0.500. The van der Waals surface area contributed by atoms with Crippen LogP contribution in [-0.2, 0) is 0 Å². The zero-order chi connectivity index (χ0) is 14.8.